The minimum Gasteiger partial charge on any atom is -0.295 e. The van der Waals surface area contributed by atoms with E-state index < -0.39 is 0 Å². The van der Waals surface area contributed by atoms with E-state index >= 15 is 0 Å². The molecule has 0 aliphatic rings. The van der Waals surface area contributed by atoms with Crippen molar-refractivity contribution in [3.8, 4) is 11.4 Å². The molecule has 3 rings (SSSR count). The van der Waals surface area contributed by atoms with Crippen molar-refractivity contribution >= 4 is 17.2 Å². The van der Waals surface area contributed by atoms with E-state index in [-0.39, 0.29) is 17.0 Å². The van der Waals surface area contributed by atoms with E-state index in [0.717, 1.165) is 0 Å². The van der Waals surface area contributed by atoms with E-state index in [4.69, 9.17) is 0 Å². The quantitative estimate of drug-likeness (QED) is 0.570. The Morgan fingerprint density at radius 3 is 2.48 bits per heavy atom. The van der Waals surface area contributed by atoms with Crippen LogP contribution < -0.4 is 5.56 Å². The smallest absolute Gasteiger partial charge is 0.292 e. The fourth-order valence-electron chi connectivity index (χ4n) is 2.01. The third-order valence-corrected chi connectivity index (χ3v) is 3.21. The average molecular weight is 307 g/mol. The van der Waals surface area contributed by atoms with Gasteiger partial charge in [0.25, 0.3) is 5.56 Å². The highest BCUT2D eigenvalue weighted by molar-refractivity contribution is 5.94. The van der Waals surface area contributed by atoms with Crippen molar-refractivity contribution in [3.63, 3.8) is 0 Å². The molecule has 114 valence electrons. The molecule has 2 N–H and O–H groups in total. The lowest BCUT2D eigenvalue weighted by molar-refractivity contribution is 0.101. The van der Waals surface area contributed by atoms with E-state index in [1.807, 2.05) is 6.07 Å². The lowest BCUT2D eigenvalue weighted by atomic mass is 10.1. The monoisotopic (exact) mass is 307 g/mol. The Bertz CT molecular complexity index is 908. The SMILES string of the molecule is CC(=O)c1ccc(N=Nc2c(-c3ccccn3)[nH][nH]c2=O)cc1. The molecule has 0 saturated heterocycles. The molecule has 0 unspecified atom stereocenters. The molecule has 0 aliphatic carbocycles. The number of azo groups is 1. The van der Waals surface area contributed by atoms with Crippen LogP contribution in [0.15, 0.2) is 63.7 Å². The molecule has 0 radical (unpaired) electrons. The Labute approximate surface area is 131 Å². The number of rotatable bonds is 4. The predicted molar refractivity (Wildman–Crippen MR) is 85.3 cm³/mol. The largest absolute Gasteiger partial charge is 0.295 e. The molecule has 0 bridgehead atoms. The summed E-state index contributed by atoms with van der Waals surface area (Å²) in [5.74, 6) is -0.0204. The molecule has 0 fully saturated rings. The van der Waals surface area contributed by atoms with Gasteiger partial charge in [0, 0.05) is 11.8 Å². The van der Waals surface area contributed by atoms with Crippen LogP contribution in [0.2, 0.25) is 0 Å². The number of nitrogens with one attached hydrogen (secondary N) is 2. The van der Waals surface area contributed by atoms with Gasteiger partial charge < -0.3 is 0 Å². The highest BCUT2D eigenvalue weighted by atomic mass is 16.1. The molecule has 1 aromatic carbocycles. The van der Waals surface area contributed by atoms with Gasteiger partial charge in [-0.05, 0) is 43.3 Å². The number of carbonyl (C=O) groups excluding carboxylic acids is 1. The molecule has 2 aromatic heterocycles. The van der Waals surface area contributed by atoms with Gasteiger partial charge in [-0.2, -0.15) is 5.11 Å². The fourth-order valence-corrected chi connectivity index (χ4v) is 2.01. The van der Waals surface area contributed by atoms with Crippen LogP contribution in [0.1, 0.15) is 17.3 Å². The number of aromatic amines is 2. The number of H-pyrrole nitrogens is 2. The summed E-state index contributed by atoms with van der Waals surface area (Å²) in [5, 5.41) is 13.3. The summed E-state index contributed by atoms with van der Waals surface area (Å²) in [6.07, 6.45) is 1.63. The Hall–Kier alpha value is -3.35. The molecule has 2 heterocycles. The van der Waals surface area contributed by atoms with Crippen molar-refractivity contribution in [1.29, 1.82) is 0 Å². The maximum absolute atomic E-state index is 11.9. The molecule has 0 saturated carbocycles. The van der Waals surface area contributed by atoms with Crippen LogP contribution >= 0.6 is 0 Å². The maximum Gasteiger partial charge on any atom is 0.292 e. The van der Waals surface area contributed by atoms with Crippen LogP contribution in [-0.4, -0.2) is 21.0 Å². The zero-order valence-electron chi connectivity index (χ0n) is 12.3. The number of ketones is 1. The Morgan fingerprint density at radius 1 is 1.04 bits per heavy atom. The number of nitrogens with zero attached hydrogens (tertiary/aromatic N) is 3. The molecule has 0 amide bonds. The van der Waals surface area contributed by atoms with Gasteiger partial charge in [0.05, 0.1) is 11.4 Å². The number of Topliss-reactive ketones (excluding diaryl/α,β-unsaturated/α-hetero) is 1. The van der Waals surface area contributed by atoms with Gasteiger partial charge in [0.15, 0.2) is 11.5 Å². The number of aromatic nitrogens is 3. The van der Waals surface area contributed by atoms with E-state index in [1.165, 1.54) is 6.92 Å². The van der Waals surface area contributed by atoms with E-state index in [0.29, 0.717) is 22.6 Å². The van der Waals surface area contributed by atoms with Gasteiger partial charge in [0.1, 0.15) is 5.69 Å². The van der Waals surface area contributed by atoms with E-state index in [2.05, 4.69) is 25.4 Å². The third kappa shape index (κ3) is 3.13. The normalized spacial score (nSPS) is 11.0. The van der Waals surface area contributed by atoms with Crippen molar-refractivity contribution in [2.75, 3.05) is 0 Å². The Morgan fingerprint density at radius 2 is 1.83 bits per heavy atom. The first kappa shape index (κ1) is 14.6. The highest BCUT2D eigenvalue weighted by Crippen LogP contribution is 2.24. The topological polar surface area (TPSA) is 103 Å². The van der Waals surface area contributed by atoms with Crippen LogP contribution in [0.25, 0.3) is 11.4 Å². The fraction of sp³-hybridized carbons (Fsp3) is 0.0625. The summed E-state index contributed by atoms with van der Waals surface area (Å²) >= 11 is 0. The maximum atomic E-state index is 11.9. The lowest BCUT2D eigenvalue weighted by Crippen LogP contribution is -1.96. The van der Waals surface area contributed by atoms with Crippen molar-refractivity contribution in [3.05, 3.63) is 64.6 Å². The van der Waals surface area contributed by atoms with Gasteiger partial charge in [-0.25, -0.2) is 0 Å². The first-order valence-corrected chi connectivity index (χ1v) is 6.90. The first-order chi connectivity index (χ1) is 11.1. The number of hydrogen-bond donors (Lipinski definition) is 2. The second kappa shape index (κ2) is 6.18. The van der Waals surface area contributed by atoms with Crippen molar-refractivity contribution in [2.24, 2.45) is 10.2 Å². The van der Waals surface area contributed by atoms with Gasteiger partial charge in [-0.15, -0.1) is 5.11 Å². The highest BCUT2D eigenvalue weighted by Gasteiger charge is 2.12. The minimum atomic E-state index is -0.380. The molecule has 0 spiro atoms. The second-order valence-corrected chi connectivity index (χ2v) is 4.82. The number of benzene rings is 1. The summed E-state index contributed by atoms with van der Waals surface area (Å²) in [7, 11) is 0. The van der Waals surface area contributed by atoms with Crippen molar-refractivity contribution < 1.29 is 4.79 Å². The summed E-state index contributed by atoms with van der Waals surface area (Å²) in [4.78, 5) is 27.3. The predicted octanol–water partition coefficient (Wildman–Crippen LogP) is 3.38. The lowest BCUT2D eigenvalue weighted by Gasteiger charge is -1.97. The summed E-state index contributed by atoms with van der Waals surface area (Å²) < 4.78 is 0. The molecular weight excluding hydrogens is 294 g/mol. The van der Waals surface area contributed by atoms with Gasteiger partial charge >= 0.3 is 0 Å². The zero-order valence-corrected chi connectivity index (χ0v) is 12.3. The minimum absolute atomic E-state index is 0.0204. The van der Waals surface area contributed by atoms with Crippen molar-refractivity contribution in [2.45, 2.75) is 6.92 Å². The molecule has 3 aromatic rings. The summed E-state index contributed by atoms with van der Waals surface area (Å²) in [6.45, 7) is 1.50. The molecular formula is C16H13N5O2. The first-order valence-electron chi connectivity index (χ1n) is 6.90. The second-order valence-electron chi connectivity index (χ2n) is 4.82. The molecule has 0 atom stereocenters. The standard InChI is InChI=1S/C16H13N5O2/c1-10(22)11-5-7-12(8-6-11)18-20-15-14(19-21-16(15)23)13-4-2-3-9-17-13/h2-9H,1H3,(H2,19,21,23). The average Bonchev–Trinajstić information content (AvgIpc) is 2.95. The van der Waals surface area contributed by atoms with Gasteiger partial charge in [-0.1, -0.05) is 6.07 Å². The van der Waals surface area contributed by atoms with Crippen molar-refractivity contribution in [1.82, 2.24) is 15.2 Å². The van der Waals surface area contributed by atoms with E-state index in [1.54, 1.807) is 42.6 Å². The molecule has 7 nitrogen and oxygen atoms in total. The number of hydrogen-bond acceptors (Lipinski definition) is 5. The summed E-state index contributed by atoms with van der Waals surface area (Å²) in [5.41, 5.74) is 1.97. The third-order valence-electron chi connectivity index (χ3n) is 3.21. The molecule has 23 heavy (non-hydrogen) atoms. The molecule has 7 heteroatoms. The Balaban J connectivity index is 1.93. The summed E-state index contributed by atoms with van der Waals surface area (Å²) in [6, 6.07) is 12.0. The van der Waals surface area contributed by atoms with Crippen LogP contribution in [-0.2, 0) is 0 Å². The van der Waals surface area contributed by atoms with Crippen LogP contribution in [0, 0.1) is 0 Å². The Kier molecular flexibility index (Phi) is 3.92. The molecule has 0 aliphatic heterocycles. The van der Waals surface area contributed by atoms with E-state index in [9.17, 15) is 9.59 Å². The van der Waals surface area contributed by atoms with Crippen LogP contribution in [0.5, 0.6) is 0 Å². The van der Waals surface area contributed by atoms with Gasteiger partial charge in [-0.3, -0.25) is 24.8 Å². The number of carbonyl (C=O) groups is 1. The van der Waals surface area contributed by atoms with Gasteiger partial charge in [0.2, 0.25) is 0 Å². The van der Waals surface area contributed by atoms with Crippen LogP contribution in [0.4, 0.5) is 11.4 Å². The number of pyridine rings is 1. The van der Waals surface area contributed by atoms with Crippen LogP contribution in [0.3, 0.4) is 0 Å². The zero-order chi connectivity index (χ0) is 16.2.